The Hall–Kier alpha value is -2.35. The molecule has 4 rings (SSSR count). The molecule has 5 nitrogen and oxygen atoms in total. The highest BCUT2D eigenvalue weighted by Gasteiger charge is 2.31. The molecule has 1 aliphatic heterocycles. The van der Waals surface area contributed by atoms with Crippen molar-refractivity contribution in [2.24, 2.45) is 11.8 Å². The molecule has 0 radical (unpaired) electrons. The molecular formula is C28H32ClFN2O3S. The van der Waals surface area contributed by atoms with Crippen LogP contribution in [0, 0.1) is 11.8 Å². The Labute approximate surface area is 221 Å². The number of thioether (sulfide) groups is 1. The summed E-state index contributed by atoms with van der Waals surface area (Å²) in [7, 11) is 1.59. The number of benzene rings is 2. The molecule has 192 valence electrons. The minimum absolute atomic E-state index is 0.0262. The van der Waals surface area contributed by atoms with Crippen molar-refractivity contribution in [1.82, 2.24) is 9.88 Å². The van der Waals surface area contributed by atoms with Crippen LogP contribution in [0.5, 0.6) is 5.75 Å². The molecule has 2 heterocycles. The van der Waals surface area contributed by atoms with Crippen LogP contribution in [0.3, 0.4) is 0 Å². The monoisotopic (exact) mass is 530 g/mol. The van der Waals surface area contributed by atoms with E-state index in [-0.39, 0.29) is 18.3 Å². The van der Waals surface area contributed by atoms with Crippen molar-refractivity contribution in [3.63, 3.8) is 0 Å². The number of ether oxygens (including phenoxy) is 1. The van der Waals surface area contributed by atoms with Gasteiger partial charge in [-0.1, -0.05) is 11.6 Å². The van der Waals surface area contributed by atoms with Crippen molar-refractivity contribution >= 4 is 40.2 Å². The number of fused-ring (bicyclic) bond motifs is 1. The van der Waals surface area contributed by atoms with E-state index in [1.165, 1.54) is 4.90 Å². The van der Waals surface area contributed by atoms with Gasteiger partial charge in [-0.2, -0.15) is 0 Å². The first kappa shape index (κ1) is 26.7. The van der Waals surface area contributed by atoms with Crippen LogP contribution in [-0.2, 0) is 4.79 Å². The summed E-state index contributed by atoms with van der Waals surface area (Å²) in [6.07, 6.45) is 2.55. The second kappa shape index (κ2) is 12.7. The van der Waals surface area contributed by atoms with E-state index in [4.69, 9.17) is 16.3 Å². The Morgan fingerprint density at radius 3 is 2.81 bits per heavy atom. The SMILES string of the molecule is COc1ccc2nccc(C(F)CC[C@@H]3CCN(CCSc4ccc(Cl)cc4)C[C@@H]3CC(=O)O)c2c1. The molecule has 3 aromatic rings. The lowest BCUT2D eigenvalue weighted by Gasteiger charge is -2.38. The number of halogens is 2. The normalized spacial score (nSPS) is 19.3. The molecule has 36 heavy (non-hydrogen) atoms. The number of carboxylic acid groups (broad SMARTS) is 1. The molecule has 3 atom stereocenters. The fourth-order valence-electron chi connectivity index (χ4n) is 5.08. The lowest BCUT2D eigenvalue weighted by Crippen LogP contribution is -2.42. The maximum absolute atomic E-state index is 15.5. The number of alkyl halides is 1. The number of piperidine rings is 1. The molecule has 2 aromatic carbocycles. The summed E-state index contributed by atoms with van der Waals surface area (Å²) in [6.45, 7) is 2.55. The minimum Gasteiger partial charge on any atom is -0.497 e. The summed E-state index contributed by atoms with van der Waals surface area (Å²) in [5.74, 6) is 1.04. The Balaban J connectivity index is 1.34. The minimum atomic E-state index is -1.14. The van der Waals surface area contributed by atoms with E-state index in [2.05, 4.69) is 9.88 Å². The number of hydrogen-bond acceptors (Lipinski definition) is 5. The highest BCUT2D eigenvalue weighted by Crippen LogP contribution is 2.36. The van der Waals surface area contributed by atoms with Crippen LogP contribution in [0.4, 0.5) is 4.39 Å². The predicted octanol–water partition coefficient (Wildman–Crippen LogP) is 6.89. The summed E-state index contributed by atoms with van der Waals surface area (Å²) in [5.41, 5.74) is 1.36. The number of carbonyl (C=O) groups is 1. The third kappa shape index (κ3) is 7.11. The molecule has 0 aliphatic carbocycles. The van der Waals surface area contributed by atoms with Gasteiger partial charge in [0.05, 0.1) is 12.6 Å². The molecule has 1 aromatic heterocycles. The van der Waals surface area contributed by atoms with Gasteiger partial charge in [0.25, 0.3) is 0 Å². The van der Waals surface area contributed by atoms with Crippen LogP contribution in [0.15, 0.2) is 59.6 Å². The third-order valence-corrected chi connectivity index (χ3v) is 8.26. The number of likely N-dealkylation sites (tertiary alicyclic amines) is 1. The first-order valence-electron chi connectivity index (χ1n) is 12.3. The predicted molar refractivity (Wildman–Crippen MR) is 144 cm³/mol. The van der Waals surface area contributed by atoms with Crippen molar-refractivity contribution in [2.45, 2.75) is 36.8 Å². The zero-order valence-corrected chi connectivity index (χ0v) is 22.0. The Morgan fingerprint density at radius 2 is 2.06 bits per heavy atom. The fourth-order valence-corrected chi connectivity index (χ4v) is 6.12. The van der Waals surface area contributed by atoms with Gasteiger partial charge >= 0.3 is 5.97 Å². The van der Waals surface area contributed by atoms with Crippen LogP contribution in [0.2, 0.25) is 5.02 Å². The van der Waals surface area contributed by atoms with Gasteiger partial charge < -0.3 is 14.7 Å². The number of aliphatic carboxylic acids is 1. The topological polar surface area (TPSA) is 62.7 Å². The molecule has 1 aliphatic rings. The largest absolute Gasteiger partial charge is 0.497 e. The van der Waals surface area contributed by atoms with Gasteiger partial charge in [-0.15, -0.1) is 11.8 Å². The van der Waals surface area contributed by atoms with Gasteiger partial charge in [-0.25, -0.2) is 4.39 Å². The number of rotatable bonds is 11. The van der Waals surface area contributed by atoms with E-state index >= 15 is 4.39 Å². The molecule has 1 N–H and O–H groups in total. The first-order valence-corrected chi connectivity index (χ1v) is 13.7. The molecule has 0 amide bonds. The van der Waals surface area contributed by atoms with Gasteiger partial charge in [0.15, 0.2) is 0 Å². The van der Waals surface area contributed by atoms with E-state index < -0.39 is 12.1 Å². The van der Waals surface area contributed by atoms with Crippen LogP contribution in [0.1, 0.15) is 37.4 Å². The highest BCUT2D eigenvalue weighted by molar-refractivity contribution is 7.99. The average molecular weight is 531 g/mol. The van der Waals surface area contributed by atoms with Crippen molar-refractivity contribution in [1.29, 1.82) is 0 Å². The summed E-state index contributed by atoms with van der Waals surface area (Å²) in [4.78, 5) is 19.5. The maximum atomic E-state index is 15.5. The average Bonchev–Trinajstić information content (AvgIpc) is 2.88. The second-order valence-electron chi connectivity index (χ2n) is 9.34. The standard InChI is InChI=1S/C28H32ClFN2O3S/c1-35-22-5-9-27-25(17-22)24(10-12-31-27)26(30)8-2-19-11-13-32(18-20(19)16-28(33)34)14-15-36-23-6-3-21(29)4-7-23/h3-7,9-10,12,17,19-20,26H,2,8,11,13-16,18H2,1H3,(H,33,34)/t19-,20+,26?/m1/s1. The molecule has 1 saturated heterocycles. The molecule has 1 unspecified atom stereocenters. The maximum Gasteiger partial charge on any atom is 0.303 e. The summed E-state index contributed by atoms with van der Waals surface area (Å²) in [6, 6.07) is 15.0. The van der Waals surface area contributed by atoms with Gasteiger partial charge in [0.2, 0.25) is 0 Å². The lowest BCUT2D eigenvalue weighted by atomic mass is 9.79. The van der Waals surface area contributed by atoms with Crippen molar-refractivity contribution < 1.29 is 19.0 Å². The second-order valence-corrected chi connectivity index (χ2v) is 10.9. The molecule has 1 fully saturated rings. The van der Waals surface area contributed by atoms with Crippen LogP contribution in [0.25, 0.3) is 10.9 Å². The Kier molecular flexibility index (Phi) is 9.46. The Bertz CT molecular complexity index is 1160. The van der Waals surface area contributed by atoms with E-state index in [0.29, 0.717) is 24.2 Å². The third-order valence-electron chi connectivity index (χ3n) is 7.01. The van der Waals surface area contributed by atoms with Gasteiger partial charge in [-0.3, -0.25) is 9.78 Å². The van der Waals surface area contributed by atoms with Crippen LogP contribution in [-0.4, -0.2) is 53.5 Å². The summed E-state index contributed by atoms with van der Waals surface area (Å²) >= 11 is 7.73. The van der Waals surface area contributed by atoms with Crippen molar-refractivity contribution in [3.05, 3.63) is 65.3 Å². The fraction of sp³-hybridized carbons (Fsp3) is 0.429. The lowest BCUT2D eigenvalue weighted by molar-refractivity contribution is -0.139. The number of carboxylic acids is 1. The van der Waals surface area contributed by atoms with E-state index in [9.17, 15) is 9.90 Å². The molecular weight excluding hydrogens is 499 g/mol. The van der Waals surface area contributed by atoms with E-state index in [1.807, 2.05) is 42.5 Å². The van der Waals surface area contributed by atoms with E-state index in [1.54, 1.807) is 31.1 Å². The quantitative estimate of drug-likeness (QED) is 0.272. The van der Waals surface area contributed by atoms with Gasteiger partial charge in [0, 0.05) is 46.8 Å². The number of pyridine rings is 1. The first-order chi connectivity index (χ1) is 17.4. The smallest absolute Gasteiger partial charge is 0.303 e. The van der Waals surface area contributed by atoms with E-state index in [0.717, 1.165) is 47.7 Å². The molecule has 0 saturated carbocycles. The highest BCUT2D eigenvalue weighted by atomic mass is 35.5. The number of nitrogens with zero attached hydrogens (tertiary/aromatic N) is 2. The van der Waals surface area contributed by atoms with Crippen molar-refractivity contribution in [3.8, 4) is 5.75 Å². The number of methoxy groups -OCH3 is 1. The van der Waals surface area contributed by atoms with Gasteiger partial charge in [-0.05, 0) is 91.7 Å². The molecule has 0 spiro atoms. The number of hydrogen-bond donors (Lipinski definition) is 1. The summed E-state index contributed by atoms with van der Waals surface area (Å²) in [5, 5.41) is 11.0. The number of aromatic nitrogens is 1. The zero-order chi connectivity index (χ0) is 25.5. The Morgan fingerprint density at radius 1 is 1.25 bits per heavy atom. The zero-order valence-electron chi connectivity index (χ0n) is 20.4. The van der Waals surface area contributed by atoms with Gasteiger partial charge in [0.1, 0.15) is 11.9 Å². The van der Waals surface area contributed by atoms with Crippen LogP contribution >= 0.6 is 23.4 Å². The van der Waals surface area contributed by atoms with Crippen molar-refractivity contribution in [2.75, 3.05) is 32.5 Å². The molecule has 0 bridgehead atoms. The molecule has 8 heteroatoms. The summed E-state index contributed by atoms with van der Waals surface area (Å²) < 4.78 is 20.8. The van der Waals surface area contributed by atoms with Crippen LogP contribution < -0.4 is 4.74 Å².